The molecule has 0 N–H and O–H groups in total. The number of oxazole rings is 1. The highest BCUT2D eigenvalue weighted by molar-refractivity contribution is 7.13. The average Bonchev–Trinajstić information content (AvgIpc) is 3.36. The molecular formula is C16H16N6O2S. The zero-order valence-electron chi connectivity index (χ0n) is 13.7. The minimum atomic E-state index is 0.341. The van der Waals surface area contributed by atoms with Crippen molar-refractivity contribution in [2.75, 3.05) is 31.1 Å². The zero-order chi connectivity index (χ0) is 17.2. The molecule has 1 fully saturated rings. The molecule has 3 aromatic heterocycles. The van der Waals surface area contributed by atoms with Crippen molar-refractivity contribution in [2.24, 2.45) is 0 Å². The molecule has 3 aromatic rings. The first-order valence-electron chi connectivity index (χ1n) is 7.94. The highest BCUT2D eigenvalue weighted by Crippen LogP contribution is 2.31. The number of hydrogen-bond donors (Lipinski definition) is 0. The first-order valence-corrected chi connectivity index (χ1v) is 8.82. The Bertz CT molecular complexity index is 886. The Hall–Kier alpha value is -2.70. The first kappa shape index (κ1) is 15.8. The van der Waals surface area contributed by atoms with E-state index in [4.69, 9.17) is 9.05 Å². The molecule has 0 bridgehead atoms. The Morgan fingerprint density at radius 2 is 2.12 bits per heavy atom. The summed E-state index contributed by atoms with van der Waals surface area (Å²) in [6.07, 6.45) is 0. The molecule has 0 unspecified atom stereocenters. The van der Waals surface area contributed by atoms with E-state index in [1.54, 1.807) is 11.3 Å². The van der Waals surface area contributed by atoms with E-state index in [9.17, 15) is 5.26 Å². The molecule has 25 heavy (non-hydrogen) atoms. The Kier molecular flexibility index (Phi) is 4.21. The van der Waals surface area contributed by atoms with Gasteiger partial charge in [0.15, 0.2) is 0 Å². The molecule has 4 rings (SSSR count). The van der Waals surface area contributed by atoms with E-state index in [-0.39, 0.29) is 0 Å². The second-order valence-corrected chi connectivity index (χ2v) is 6.77. The van der Waals surface area contributed by atoms with Crippen molar-refractivity contribution in [3.05, 3.63) is 34.6 Å². The maximum absolute atomic E-state index is 9.38. The van der Waals surface area contributed by atoms with Gasteiger partial charge in [0.25, 0.3) is 0 Å². The predicted molar refractivity (Wildman–Crippen MR) is 91.1 cm³/mol. The van der Waals surface area contributed by atoms with Gasteiger partial charge in [-0.2, -0.15) is 10.2 Å². The molecule has 0 saturated carbocycles. The van der Waals surface area contributed by atoms with Gasteiger partial charge in [0.1, 0.15) is 17.5 Å². The summed E-state index contributed by atoms with van der Waals surface area (Å²) < 4.78 is 10.6. The predicted octanol–water partition coefficient (Wildman–Crippen LogP) is 2.29. The summed E-state index contributed by atoms with van der Waals surface area (Å²) in [5.74, 6) is 1.07. The molecule has 8 nitrogen and oxygen atoms in total. The van der Waals surface area contributed by atoms with Gasteiger partial charge in [0.05, 0.1) is 4.88 Å². The molecule has 0 spiro atoms. The number of rotatable bonds is 4. The van der Waals surface area contributed by atoms with Gasteiger partial charge in [-0.15, -0.1) is 11.3 Å². The molecule has 1 saturated heterocycles. The van der Waals surface area contributed by atoms with Gasteiger partial charge in [-0.1, -0.05) is 16.4 Å². The van der Waals surface area contributed by atoms with Crippen LogP contribution >= 0.6 is 11.3 Å². The van der Waals surface area contributed by atoms with Gasteiger partial charge in [-0.3, -0.25) is 4.90 Å². The van der Waals surface area contributed by atoms with E-state index in [1.807, 2.05) is 24.4 Å². The second kappa shape index (κ2) is 6.66. The largest absolute Gasteiger partial charge is 0.418 e. The second-order valence-electron chi connectivity index (χ2n) is 5.82. The third-order valence-electron chi connectivity index (χ3n) is 4.23. The summed E-state index contributed by atoms with van der Waals surface area (Å²) in [5, 5.41) is 19.1. The van der Waals surface area contributed by atoms with Crippen LogP contribution in [0.15, 0.2) is 26.6 Å². The van der Waals surface area contributed by atoms with Crippen LogP contribution in [0.2, 0.25) is 0 Å². The van der Waals surface area contributed by atoms with Crippen LogP contribution < -0.4 is 4.90 Å². The number of thiophene rings is 1. The molecule has 4 heterocycles. The van der Waals surface area contributed by atoms with E-state index in [2.05, 4.69) is 31.2 Å². The molecule has 0 radical (unpaired) electrons. The average molecular weight is 356 g/mol. The van der Waals surface area contributed by atoms with Gasteiger partial charge in [-0.25, -0.2) is 4.63 Å². The van der Waals surface area contributed by atoms with Gasteiger partial charge < -0.3 is 9.32 Å². The zero-order valence-corrected chi connectivity index (χ0v) is 14.5. The van der Waals surface area contributed by atoms with Crippen molar-refractivity contribution in [2.45, 2.75) is 13.5 Å². The van der Waals surface area contributed by atoms with E-state index in [0.29, 0.717) is 24.0 Å². The van der Waals surface area contributed by atoms with Crippen LogP contribution in [0.4, 0.5) is 5.88 Å². The Labute approximate surface area is 148 Å². The normalized spacial score (nSPS) is 15.4. The number of nitriles is 1. The van der Waals surface area contributed by atoms with Gasteiger partial charge in [0, 0.05) is 32.7 Å². The number of anilines is 1. The maximum Gasteiger partial charge on any atom is 0.240 e. The van der Waals surface area contributed by atoms with Crippen LogP contribution in [0.25, 0.3) is 10.8 Å². The third-order valence-corrected chi connectivity index (χ3v) is 5.08. The van der Waals surface area contributed by atoms with Crippen LogP contribution in [0.1, 0.15) is 17.1 Å². The lowest BCUT2D eigenvalue weighted by Crippen LogP contribution is -2.46. The number of piperazine rings is 1. The van der Waals surface area contributed by atoms with Crippen molar-refractivity contribution in [3.63, 3.8) is 0 Å². The molecule has 9 heteroatoms. The van der Waals surface area contributed by atoms with E-state index in [1.165, 1.54) is 0 Å². The lowest BCUT2D eigenvalue weighted by atomic mass is 10.2. The molecular weight excluding hydrogens is 340 g/mol. The van der Waals surface area contributed by atoms with Gasteiger partial charge >= 0.3 is 0 Å². The fraction of sp³-hybridized carbons (Fsp3) is 0.375. The highest BCUT2D eigenvalue weighted by atomic mass is 32.1. The topological polar surface area (TPSA) is 95.2 Å². The van der Waals surface area contributed by atoms with Crippen LogP contribution in [0, 0.1) is 18.3 Å². The molecule has 0 amide bonds. The van der Waals surface area contributed by atoms with Crippen LogP contribution in [0.3, 0.4) is 0 Å². The molecule has 0 atom stereocenters. The number of aromatic nitrogens is 3. The number of aryl methyl sites for hydroxylation is 1. The fourth-order valence-electron chi connectivity index (χ4n) is 2.82. The van der Waals surface area contributed by atoms with Crippen molar-refractivity contribution in [1.29, 1.82) is 5.26 Å². The van der Waals surface area contributed by atoms with Crippen molar-refractivity contribution in [1.82, 2.24) is 20.2 Å². The molecule has 1 aliphatic heterocycles. The molecule has 0 aliphatic carbocycles. The van der Waals surface area contributed by atoms with E-state index >= 15 is 0 Å². The third kappa shape index (κ3) is 3.14. The molecule has 1 aliphatic rings. The lowest BCUT2D eigenvalue weighted by Gasteiger charge is -2.33. The monoisotopic (exact) mass is 356 g/mol. The SMILES string of the molecule is Cc1nonc1CN1CCN(c2oc(-c3cccs3)nc2C#N)CC1. The lowest BCUT2D eigenvalue weighted by molar-refractivity contribution is 0.234. The van der Waals surface area contributed by atoms with Crippen molar-refractivity contribution < 1.29 is 9.05 Å². The minimum Gasteiger partial charge on any atom is -0.418 e. The Morgan fingerprint density at radius 1 is 1.28 bits per heavy atom. The maximum atomic E-state index is 9.38. The van der Waals surface area contributed by atoms with Crippen LogP contribution in [-0.2, 0) is 6.54 Å². The summed E-state index contributed by atoms with van der Waals surface area (Å²) in [4.78, 5) is 9.62. The summed E-state index contributed by atoms with van der Waals surface area (Å²) >= 11 is 1.54. The Balaban J connectivity index is 1.46. The van der Waals surface area contributed by atoms with Crippen molar-refractivity contribution in [3.8, 4) is 16.8 Å². The van der Waals surface area contributed by atoms with E-state index < -0.39 is 0 Å². The minimum absolute atomic E-state index is 0.341. The summed E-state index contributed by atoms with van der Waals surface area (Å²) in [5.41, 5.74) is 2.03. The van der Waals surface area contributed by atoms with Crippen molar-refractivity contribution >= 4 is 17.2 Å². The van der Waals surface area contributed by atoms with Crippen LogP contribution in [-0.4, -0.2) is 46.4 Å². The fourth-order valence-corrected chi connectivity index (χ4v) is 3.47. The van der Waals surface area contributed by atoms with Crippen LogP contribution in [0.5, 0.6) is 0 Å². The smallest absolute Gasteiger partial charge is 0.240 e. The highest BCUT2D eigenvalue weighted by Gasteiger charge is 2.25. The molecule has 0 aromatic carbocycles. The summed E-state index contributed by atoms with van der Waals surface area (Å²) in [6, 6.07) is 6.02. The standard InChI is InChI=1S/C16H16N6O2S/c1-11-13(20-24-19-11)10-21-4-6-22(7-5-21)16-12(9-17)18-15(23-16)14-3-2-8-25-14/h2-3,8H,4-7,10H2,1H3. The first-order chi connectivity index (χ1) is 12.2. The van der Waals surface area contributed by atoms with Gasteiger partial charge in [0.2, 0.25) is 17.5 Å². The Morgan fingerprint density at radius 3 is 2.76 bits per heavy atom. The summed E-state index contributed by atoms with van der Waals surface area (Å²) in [7, 11) is 0. The number of nitrogens with zero attached hydrogens (tertiary/aromatic N) is 6. The number of hydrogen-bond acceptors (Lipinski definition) is 9. The quantitative estimate of drug-likeness (QED) is 0.703. The van der Waals surface area contributed by atoms with Gasteiger partial charge in [-0.05, 0) is 18.4 Å². The summed E-state index contributed by atoms with van der Waals surface area (Å²) in [6.45, 7) is 5.81. The van der Waals surface area contributed by atoms with E-state index in [0.717, 1.165) is 42.4 Å². The molecule has 128 valence electrons.